The zero-order valence-corrected chi connectivity index (χ0v) is 17.3. The molecule has 1 atom stereocenters. The number of hydrogen-bond donors (Lipinski definition) is 1. The number of Topliss-reactive ketones (excluding diaryl/α,β-unsaturated/α-hetero) is 1. The highest BCUT2D eigenvalue weighted by atomic mass is 35.5. The molecule has 0 aliphatic heterocycles. The Labute approximate surface area is 172 Å². The first-order valence-corrected chi connectivity index (χ1v) is 8.92. The molecule has 1 amide bonds. The van der Waals surface area contributed by atoms with Gasteiger partial charge >= 0.3 is 0 Å². The average Bonchev–Trinajstić information content (AvgIpc) is 2.65. The van der Waals surface area contributed by atoms with Crippen LogP contribution in [-0.2, 0) is 9.59 Å². The first kappa shape index (κ1) is 21.7. The van der Waals surface area contributed by atoms with Gasteiger partial charge in [0.05, 0.1) is 24.9 Å². The molecular formula is C19H19Cl2N3O4. The highest BCUT2D eigenvalue weighted by molar-refractivity contribution is 6.34. The fourth-order valence-corrected chi connectivity index (χ4v) is 2.67. The summed E-state index contributed by atoms with van der Waals surface area (Å²) in [4.78, 5) is 24.6. The number of rotatable bonds is 7. The summed E-state index contributed by atoms with van der Waals surface area (Å²) in [5.74, 6) is -0.592. The minimum absolute atomic E-state index is 0.174. The molecule has 28 heavy (non-hydrogen) atoms. The van der Waals surface area contributed by atoms with Crippen molar-refractivity contribution in [1.29, 1.82) is 0 Å². The third kappa shape index (κ3) is 4.99. The Morgan fingerprint density at radius 2 is 1.79 bits per heavy atom. The summed E-state index contributed by atoms with van der Waals surface area (Å²) in [7, 11) is 2.86. The summed E-state index contributed by atoms with van der Waals surface area (Å²) in [6.45, 7) is 3.09. The van der Waals surface area contributed by atoms with Gasteiger partial charge in [0.2, 0.25) is 6.04 Å². The van der Waals surface area contributed by atoms with Crippen LogP contribution < -0.4 is 14.8 Å². The first-order chi connectivity index (χ1) is 13.3. The fourth-order valence-electron chi connectivity index (χ4n) is 2.30. The molecule has 2 aromatic rings. The molecular weight excluding hydrogens is 405 g/mol. The summed E-state index contributed by atoms with van der Waals surface area (Å²) in [6, 6.07) is 6.81. The predicted octanol–water partition coefficient (Wildman–Crippen LogP) is 5.00. The lowest BCUT2D eigenvalue weighted by Crippen LogP contribution is -2.32. The van der Waals surface area contributed by atoms with Crippen LogP contribution in [-0.4, -0.2) is 32.0 Å². The molecule has 0 fully saturated rings. The van der Waals surface area contributed by atoms with Crippen LogP contribution in [0.5, 0.6) is 11.5 Å². The minimum Gasteiger partial charge on any atom is -0.493 e. The van der Waals surface area contributed by atoms with Gasteiger partial charge in [0, 0.05) is 5.02 Å². The van der Waals surface area contributed by atoms with Gasteiger partial charge in [-0.05, 0) is 43.7 Å². The number of carbonyl (C=O) groups is 2. The van der Waals surface area contributed by atoms with E-state index in [1.54, 1.807) is 24.3 Å². The maximum absolute atomic E-state index is 12.6. The van der Waals surface area contributed by atoms with E-state index in [-0.39, 0.29) is 16.5 Å². The number of ether oxygens (including phenoxy) is 2. The normalized spacial score (nSPS) is 11.9. The third-order valence-corrected chi connectivity index (χ3v) is 4.54. The summed E-state index contributed by atoms with van der Waals surface area (Å²) >= 11 is 12.2. The summed E-state index contributed by atoms with van der Waals surface area (Å²) < 4.78 is 10.5. The second-order valence-electron chi connectivity index (χ2n) is 5.81. The number of halogens is 2. The molecule has 0 saturated carbocycles. The zero-order chi connectivity index (χ0) is 20.8. The Hall–Kier alpha value is -2.64. The van der Waals surface area contributed by atoms with E-state index in [1.807, 2.05) is 6.92 Å². The van der Waals surface area contributed by atoms with Gasteiger partial charge in [-0.1, -0.05) is 29.3 Å². The fraction of sp³-hybridized carbons (Fsp3) is 0.263. The van der Waals surface area contributed by atoms with E-state index < -0.39 is 17.7 Å². The Kier molecular flexibility index (Phi) is 7.37. The van der Waals surface area contributed by atoms with Gasteiger partial charge in [-0.15, -0.1) is 0 Å². The van der Waals surface area contributed by atoms with Crippen molar-refractivity contribution in [2.24, 2.45) is 10.2 Å². The number of hydrogen-bond acceptors (Lipinski definition) is 6. The van der Waals surface area contributed by atoms with Crippen molar-refractivity contribution in [2.45, 2.75) is 19.9 Å². The van der Waals surface area contributed by atoms with E-state index in [2.05, 4.69) is 15.5 Å². The van der Waals surface area contributed by atoms with E-state index in [0.717, 1.165) is 5.56 Å². The molecule has 2 rings (SSSR count). The summed E-state index contributed by atoms with van der Waals surface area (Å²) in [6.07, 6.45) is 0. The molecule has 2 aromatic carbocycles. The molecule has 1 unspecified atom stereocenters. The Balaban J connectivity index is 2.30. The molecule has 0 radical (unpaired) electrons. The van der Waals surface area contributed by atoms with Crippen LogP contribution in [0.15, 0.2) is 40.6 Å². The lowest BCUT2D eigenvalue weighted by Gasteiger charge is -2.16. The van der Waals surface area contributed by atoms with Crippen molar-refractivity contribution in [1.82, 2.24) is 0 Å². The van der Waals surface area contributed by atoms with Gasteiger partial charge in [-0.3, -0.25) is 9.59 Å². The van der Waals surface area contributed by atoms with Gasteiger partial charge in [0.15, 0.2) is 17.3 Å². The number of nitrogens with one attached hydrogen (secondary N) is 1. The largest absolute Gasteiger partial charge is 0.493 e. The molecule has 0 aliphatic carbocycles. The first-order valence-electron chi connectivity index (χ1n) is 8.17. The van der Waals surface area contributed by atoms with Crippen LogP contribution in [0.25, 0.3) is 0 Å². The molecule has 0 spiro atoms. The van der Waals surface area contributed by atoms with Crippen LogP contribution in [0.2, 0.25) is 10.0 Å². The lowest BCUT2D eigenvalue weighted by molar-refractivity contribution is -0.126. The van der Waals surface area contributed by atoms with Crippen molar-refractivity contribution in [3.63, 3.8) is 0 Å². The average molecular weight is 424 g/mol. The molecule has 148 valence electrons. The Morgan fingerprint density at radius 3 is 2.36 bits per heavy atom. The number of azo groups is 1. The van der Waals surface area contributed by atoms with Crippen molar-refractivity contribution < 1.29 is 19.1 Å². The molecule has 0 aliphatic rings. The van der Waals surface area contributed by atoms with Gasteiger partial charge in [-0.25, -0.2) is 0 Å². The number of carbonyl (C=O) groups excluding carboxylic acids is 2. The second kappa shape index (κ2) is 9.52. The van der Waals surface area contributed by atoms with E-state index in [0.29, 0.717) is 16.5 Å². The van der Waals surface area contributed by atoms with Crippen molar-refractivity contribution in [3.8, 4) is 11.5 Å². The quantitative estimate of drug-likeness (QED) is 0.501. The number of nitrogens with zero attached hydrogens (tertiary/aromatic N) is 2. The zero-order valence-electron chi connectivity index (χ0n) is 15.7. The molecule has 0 saturated heterocycles. The minimum atomic E-state index is -1.37. The van der Waals surface area contributed by atoms with E-state index in [4.69, 9.17) is 32.7 Å². The SMILES string of the molecule is COc1ccc(Cl)c(NC(=O)C(N=Nc2ccc(C)c(Cl)c2)C(C)=O)c1OC. The van der Waals surface area contributed by atoms with Crippen molar-refractivity contribution in [3.05, 3.63) is 45.9 Å². The third-order valence-electron chi connectivity index (χ3n) is 3.82. The molecule has 9 heteroatoms. The highest BCUT2D eigenvalue weighted by Gasteiger charge is 2.26. The lowest BCUT2D eigenvalue weighted by atomic mass is 10.2. The second-order valence-corrected chi connectivity index (χ2v) is 6.62. The Morgan fingerprint density at radius 1 is 1.07 bits per heavy atom. The van der Waals surface area contributed by atoms with Gasteiger partial charge in [0.25, 0.3) is 5.91 Å². The number of benzene rings is 2. The van der Waals surface area contributed by atoms with Crippen molar-refractivity contribution >= 4 is 46.3 Å². The maximum Gasteiger partial charge on any atom is 0.258 e. The van der Waals surface area contributed by atoms with E-state index in [9.17, 15) is 9.59 Å². The standard InChI is InChI=1S/C19H19Cl2N3O4/c1-10-5-6-12(9-14(10)21)23-24-16(11(2)25)19(26)22-17-13(20)7-8-15(27-3)18(17)28-4/h5-9,16H,1-4H3,(H,22,26). The molecule has 7 nitrogen and oxygen atoms in total. The molecule has 0 bridgehead atoms. The summed E-state index contributed by atoms with van der Waals surface area (Å²) in [5, 5.41) is 11.1. The van der Waals surface area contributed by atoms with Gasteiger partial charge < -0.3 is 14.8 Å². The van der Waals surface area contributed by atoms with E-state index >= 15 is 0 Å². The van der Waals surface area contributed by atoms with Crippen LogP contribution in [0.4, 0.5) is 11.4 Å². The number of amides is 1. The van der Waals surface area contributed by atoms with Gasteiger partial charge in [-0.2, -0.15) is 10.2 Å². The molecule has 1 N–H and O–H groups in total. The van der Waals surface area contributed by atoms with Gasteiger partial charge in [0.1, 0.15) is 5.69 Å². The van der Waals surface area contributed by atoms with Crippen molar-refractivity contribution in [2.75, 3.05) is 19.5 Å². The predicted molar refractivity (Wildman–Crippen MR) is 108 cm³/mol. The Bertz CT molecular complexity index is 932. The monoisotopic (exact) mass is 423 g/mol. The highest BCUT2D eigenvalue weighted by Crippen LogP contribution is 2.40. The van der Waals surface area contributed by atoms with Crippen LogP contribution in [0.1, 0.15) is 12.5 Å². The van der Waals surface area contributed by atoms with Crippen LogP contribution >= 0.6 is 23.2 Å². The number of ketones is 1. The number of aryl methyl sites for hydroxylation is 1. The topological polar surface area (TPSA) is 89.4 Å². The molecule has 0 heterocycles. The smallest absolute Gasteiger partial charge is 0.258 e. The van der Waals surface area contributed by atoms with E-state index in [1.165, 1.54) is 27.2 Å². The number of anilines is 1. The summed E-state index contributed by atoms with van der Waals surface area (Å²) in [5.41, 5.74) is 1.47. The number of methoxy groups -OCH3 is 2. The van der Waals surface area contributed by atoms with Crippen LogP contribution in [0, 0.1) is 6.92 Å². The van der Waals surface area contributed by atoms with Crippen LogP contribution in [0.3, 0.4) is 0 Å². The maximum atomic E-state index is 12.6. The molecule has 0 aromatic heterocycles.